The van der Waals surface area contributed by atoms with Gasteiger partial charge in [-0.2, -0.15) is 0 Å². The van der Waals surface area contributed by atoms with Gasteiger partial charge in [0.05, 0.1) is 6.61 Å². The molecule has 0 saturated heterocycles. The van der Waals surface area contributed by atoms with Gasteiger partial charge in [-0.25, -0.2) is 4.39 Å². The summed E-state index contributed by atoms with van der Waals surface area (Å²) < 4.78 is 13.2. The van der Waals surface area contributed by atoms with Gasteiger partial charge in [-0.3, -0.25) is 0 Å². The maximum Gasteiger partial charge on any atom is 0.123 e. The zero-order valence-electron chi connectivity index (χ0n) is 17.5. The third-order valence-electron chi connectivity index (χ3n) is 5.47. The first-order valence-corrected chi connectivity index (χ1v) is 11.0. The fourth-order valence-corrected chi connectivity index (χ4v) is 4.45. The molecule has 0 aliphatic heterocycles. The predicted octanol–water partition coefficient (Wildman–Crippen LogP) is 1.92. The molecular formula is C24H27FO6S. The van der Waals surface area contributed by atoms with Crippen molar-refractivity contribution in [1.82, 2.24) is 0 Å². The first kappa shape index (κ1) is 24.5. The van der Waals surface area contributed by atoms with Gasteiger partial charge in [0.1, 0.15) is 36.3 Å². The third-order valence-corrected chi connectivity index (χ3v) is 6.61. The van der Waals surface area contributed by atoms with Gasteiger partial charge in [-0.1, -0.05) is 30.3 Å². The summed E-state index contributed by atoms with van der Waals surface area (Å²) in [6.07, 6.45) is -8.02. The smallest absolute Gasteiger partial charge is 0.123 e. The Morgan fingerprint density at radius 3 is 2.19 bits per heavy atom. The topological polar surface area (TPSA) is 121 Å². The second-order valence-corrected chi connectivity index (χ2v) is 8.97. The molecule has 0 bridgehead atoms. The summed E-state index contributed by atoms with van der Waals surface area (Å²) in [6, 6.07) is 15.4. The number of halogens is 1. The monoisotopic (exact) mass is 462 g/mol. The van der Waals surface area contributed by atoms with E-state index in [1.54, 1.807) is 41.7 Å². The lowest BCUT2D eigenvalue weighted by molar-refractivity contribution is -0.141. The number of rotatable bonds is 9. The van der Waals surface area contributed by atoms with Crippen molar-refractivity contribution in [2.45, 2.75) is 43.9 Å². The summed E-state index contributed by atoms with van der Waals surface area (Å²) in [6.45, 7) is 1.13. The normalized spacial score (nSPS) is 16.4. The summed E-state index contributed by atoms with van der Waals surface area (Å²) in [7, 11) is 0. The molecule has 0 radical (unpaired) electrons. The molecule has 5 atom stereocenters. The summed E-state index contributed by atoms with van der Waals surface area (Å²) in [4.78, 5) is 2.06. The van der Waals surface area contributed by atoms with E-state index in [2.05, 4.69) is 0 Å². The lowest BCUT2D eigenvalue weighted by Crippen LogP contribution is -2.47. The minimum atomic E-state index is -1.85. The van der Waals surface area contributed by atoms with Gasteiger partial charge in [-0.15, -0.1) is 11.3 Å². The van der Waals surface area contributed by atoms with Crippen LogP contribution in [0.3, 0.4) is 0 Å². The zero-order chi connectivity index (χ0) is 23.4. The van der Waals surface area contributed by atoms with Crippen LogP contribution < -0.4 is 0 Å². The Morgan fingerprint density at radius 1 is 0.844 bits per heavy atom. The highest BCUT2D eigenvalue weighted by molar-refractivity contribution is 7.15. The molecule has 172 valence electrons. The van der Waals surface area contributed by atoms with Gasteiger partial charge in [0.2, 0.25) is 0 Å². The molecule has 1 heterocycles. The average Bonchev–Trinajstić information content (AvgIpc) is 3.26. The first-order chi connectivity index (χ1) is 15.2. The minimum Gasteiger partial charge on any atom is -0.394 e. The van der Waals surface area contributed by atoms with Crippen LogP contribution in [0.15, 0.2) is 54.6 Å². The van der Waals surface area contributed by atoms with Crippen molar-refractivity contribution in [3.63, 3.8) is 0 Å². The highest BCUT2D eigenvalue weighted by atomic mass is 32.1. The molecule has 0 fully saturated rings. The van der Waals surface area contributed by atoms with Crippen molar-refractivity contribution < 1.29 is 35.0 Å². The van der Waals surface area contributed by atoms with Crippen molar-refractivity contribution in [1.29, 1.82) is 0 Å². The highest BCUT2D eigenvalue weighted by Crippen LogP contribution is 2.31. The van der Waals surface area contributed by atoms with E-state index < -0.39 is 37.1 Å². The Hall–Kier alpha value is -2.17. The van der Waals surface area contributed by atoms with Crippen molar-refractivity contribution in [3.05, 3.63) is 82.0 Å². The van der Waals surface area contributed by atoms with E-state index in [0.717, 1.165) is 26.4 Å². The number of benzene rings is 2. The molecule has 0 saturated carbocycles. The number of aliphatic hydroxyl groups is 6. The van der Waals surface area contributed by atoms with Crippen LogP contribution in [0.4, 0.5) is 4.39 Å². The molecule has 5 unspecified atom stereocenters. The first-order valence-electron chi connectivity index (χ1n) is 10.2. The summed E-state index contributed by atoms with van der Waals surface area (Å²) in [5.74, 6) is -0.290. The number of hydrogen-bond acceptors (Lipinski definition) is 7. The van der Waals surface area contributed by atoms with Crippen LogP contribution in [0, 0.1) is 12.7 Å². The Labute approximate surface area is 189 Å². The maximum absolute atomic E-state index is 13.2. The maximum atomic E-state index is 13.2. The summed E-state index contributed by atoms with van der Waals surface area (Å²) in [5.41, 5.74) is 3.15. The van der Waals surface area contributed by atoms with E-state index in [1.807, 2.05) is 19.1 Å². The average molecular weight is 463 g/mol. The Bertz CT molecular complexity index is 1020. The Morgan fingerprint density at radius 2 is 1.53 bits per heavy atom. The van der Waals surface area contributed by atoms with Crippen LogP contribution in [-0.2, 0) is 6.42 Å². The summed E-state index contributed by atoms with van der Waals surface area (Å²) >= 11 is 1.57. The molecule has 1 aromatic heterocycles. The fourth-order valence-electron chi connectivity index (χ4n) is 3.42. The zero-order valence-corrected chi connectivity index (χ0v) is 18.3. The van der Waals surface area contributed by atoms with Crippen LogP contribution in [0.2, 0.25) is 0 Å². The van der Waals surface area contributed by atoms with E-state index in [1.165, 1.54) is 12.1 Å². The summed E-state index contributed by atoms with van der Waals surface area (Å²) in [5, 5.41) is 59.0. The molecule has 0 spiro atoms. The lowest BCUT2D eigenvalue weighted by atomic mass is 9.92. The van der Waals surface area contributed by atoms with Gasteiger partial charge in [-0.05, 0) is 53.4 Å². The second-order valence-electron chi connectivity index (χ2n) is 7.80. The number of hydrogen-bond donors (Lipinski definition) is 6. The van der Waals surface area contributed by atoms with Crippen molar-refractivity contribution in [2.24, 2.45) is 0 Å². The van der Waals surface area contributed by atoms with Crippen molar-refractivity contribution in [2.75, 3.05) is 6.61 Å². The molecule has 6 nitrogen and oxygen atoms in total. The predicted molar refractivity (Wildman–Crippen MR) is 120 cm³/mol. The van der Waals surface area contributed by atoms with Gasteiger partial charge in [0, 0.05) is 16.2 Å². The number of aryl methyl sites for hydroxylation is 1. The molecule has 6 N–H and O–H groups in total. The van der Waals surface area contributed by atoms with Crippen LogP contribution in [0.5, 0.6) is 0 Å². The van der Waals surface area contributed by atoms with Gasteiger partial charge in [0.15, 0.2) is 0 Å². The number of aliphatic hydroxyl groups excluding tert-OH is 6. The molecular weight excluding hydrogens is 435 g/mol. The molecule has 0 amide bonds. The van der Waals surface area contributed by atoms with Crippen LogP contribution in [-0.4, -0.2) is 61.7 Å². The highest BCUT2D eigenvalue weighted by Gasteiger charge is 2.34. The lowest BCUT2D eigenvalue weighted by Gasteiger charge is -2.29. The molecule has 3 aromatic rings. The molecule has 0 aliphatic carbocycles. The largest absolute Gasteiger partial charge is 0.394 e. The van der Waals surface area contributed by atoms with Gasteiger partial charge in [0.25, 0.3) is 0 Å². The third kappa shape index (κ3) is 5.60. The quantitative estimate of drug-likeness (QED) is 0.289. The van der Waals surface area contributed by atoms with Crippen LogP contribution in [0.1, 0.15) is 27.7 Å². The van der Waals surface area contributed by atoms with Crippen LogP contribution in [0.25, 0.3) is 10.4 Å². The molecule has 32 heavy (non-hydrogen) atoms. The van der Waals surface area contributed by atoms with Crippen molar-refractivity contribution in [3.8, 4) is 10.4 Å². The fraction of sp³-hybridized carbons (Fsp3) is 0.333. The minimum absolute atomic E-state index is 0.290. The second kappa shape index (κ2) is 10.6. The number of thiophene rings is 1. The molecule has 3 rings (SSSR count). The Balaban J connectivity index is 1.76. The molecule has 2 aromatic carbocycles. The molecule has 8 heteroatoms. The van der Waals surface area contributed by atoms with Crippen molar-refractivity contribution >= 4 is 11.3 Å². The van der Waals surface area contributed by atoms with Gasteiger partial charge >= 0.3 is 0 Å². The van der Waals surface area contributed by atoms with E-state index >= 15 is 0 Å². The van der Waals surface area contributed by atoms with Crippen LogP contribution >= 0.6 is 11.3 Å². The van der Waals surface area contributed by atoms with E-state index in [0.29, 0.717) is 12.0 Å². The van der Waals surface area contributed by atoms with E-state index in [4.69, 9.17) is 5.11 Å². The van der Waals surface area contributed by atoms with E-state index in [-0.39, 0.29) is 5.82 Å². The standard InChI is InChI=1S/C24H27FO6S/c1-13-2-3-15(21(28)23(30)24(31)22(29)19(27)12-26)10-16(13)11-18-8-9-20(32-18)14-4-6-17(25)7-5-14/h2-10,19,21-24,26-31H,11-12H2,1H3. The molecule has 0 aliphatic rings. The SMILES string of the molecule is Cc1ccc(C(O)C(O)C(O)C(O)C(O)CO)cc1Cc1ccc(-c2ccc(F)cc2)s1. The van der Waals surface area contributed by atoms with Gasteiger partial charge < -0.3 is 30.6 Å². The Kier molecular flexibility index (Phi) is 8.13. The van der Waals surface area contributed by atoms with E-state index in [9.17, 15) is 29.9 Å².